The van der Waals surface area contributed by atoms with Crippen molar-refractivity contribution in [3.63, 3.8) is 0 Å². The quantitative estimate of drug-likeness (QED) is 0.507. The van der Waals surface area contributed by atoms with Crippen LogP contribution < -0.4 is 10.1 Å². The second-order valence-electron chi connectivity index (χ2n) is 10.8. The van der Waals surface area contributed by atoms with Gasteiger partial charge < -0.3 is 19.5 Å². The lowest BCUT2D eigenvalue weighted by Gasteiger charge is -2.68. The molecule has 4 fully saturated rings. The number of ether oxygens (including phenoxy) is 1. The molecule has 1 saturated heterocycles. The SMILES string of the molecule is C[C@@H]1C2CC1(n1c(C(=O)N(C)C)cc3cnc(Nc4ccc(OCCN5CCCC5)c(F)c4)nc31)C2. The number of nitrogens with zero attached hydrogens (tertiary/aromatic N) is 5. The second kappa shape index (κ2) is 8.73. The zero-order chi connectivity index (χ0) is 25.0. The summed E-state index contributed by atoms with van der Waals surface area (Å²) in [5, 5.41) is 3.96. The molecule has 0 unspecified atom stereocenters. The highest BCUT2D eigenvalue weighted by atomic mass is 19.1. The van der Waals surface area contributed by atoms with Crippen LogP contribution in [0, 0.1) is 17.7 Å². The van der Waals surface area contributed by atoms with E-state index in [9.17, 15) is 9.18 Å². The second-order valence-corrected chi connectivity index (χ2v) is 10.8. The van der Waals surface area contributed by atoms with Gasteiger partial charge in [-0.3, -0.25) is 9.69 Å². The predicted molar refractivity (Wildman–Crippen MR) is 136 cm³/mol. The molecule has 0 radical (unpaired) electrons. The van der Waals surface area contributed by atoms with E-state index < -0.39 is 5.82 Å². The van der Waals surface area contributed by atoms with E-state index in [2.05, 4.69) is 26.7 Å². The minimum absolute atomic E-state index is 0.0400. The number of fused-ring (bicyclic) bond motifs is 1. The number of halogens is 1. The van der Waals surface area contributed by atoms with Crippen molar-refractivity contribution in [1.29, 1.82) is 0 Å². The number of hydrogen-bond acceptors (Lipinski definition) is 6. The summed E-state index contributed by atoms with van der Waals surface area (Å²) in [6, 6.07) is 6.70. The summed E-state index contributed by atoms with van der Waals surface area (Å²) >= 11 is 0. The molecule has 3 aliphatic carbocycles. The molecule has 2 aromatic heterocycles. The van der Waals surface area contributed by atoms with Crippen molar-refractivity contribution in [1.82, 2.24) is 24.3 Å². The van der Waals surface area contributed by atoms with Gasteiger partial charge in [-0.2, -0.15) is 4.98 Å². The molecular weight excluding hydrogens is 459 g/mol. The number of carbonyl (C=O) groups is 1. The maximum absolute atomic E-state index is 14.7. The fourth-order valence-corrected chi connectivity index (χ4v) is 6.08. The van der Waals surface area contributed by atoms with Crippen LogP contribution in [0.1, 0.15) is 43.1 Å². The Balaban J connectivity index is 1.24. The first-order chi connectivity index (χ1) is 17.4. The smallest absolute Gasteiger partial charge is 0.270 e. The standard InChI is InChI=1S/C27H33FN6O2/c1-17-19-14-27(17,15-19)34-22(25(35)32(2)3)12-18-16-29-26(31-24(18)34)30-20-6-7-23(21(28)13-20)36-11-10-33-8-4-5-9-33/h6-7,12-13,16-17,19H,4-5,8-11,14-15H2,1-3H3,(H,29,30,31)/t17-,19?,27?/m1/s1. The van der Waals surface area contributed by atoms with Crippen molar-refractivity contribution < 1.29 is 13.9 Å². The van der Waals surface area contributed by atoms with Gasteiger partial charge in [0.25, 0.3) is 5.91 Å². The average molecular weight is 493 g/mol. The van der Waals surface area contributed by atoms with Crippen molar-refractivity contribution in [2.24, 2.45) is 11.8 Å². The van der Waals surface area contributed by atoms with Gasteiger partial charge in [-0.05, 0) is 68.8 Å². The summed E-state index contributed by atoms with van der Waals surface area (Å²) in [6.07, 6.45) is 6.32. The number of amides is 1. The molecule has 8 nitrogen and oxygen atoms in total. The third kappa shape index (κ3) is 3.72. The number of likely N-dealkylation sites (tertiary alicyclic amines) is 1. The number of aromatic nitrogens is 3. The monoisotopic (exact) mass is 492 g/mol. The van der Waals surface area contributed by atoms with Gasteiger partial charge >= 0.3 is 0 Å². The fourth-order valence-electron chi connectivity index (χ4n) is 6.08. The number of rotatable bonds is 8. The Labute approximate surface area is 210 Å². The predicted octanol–water partition coefficient (Wildman–Crippen LogP) is 4.25. The number of anilines is 2. The largest absolute Gasteiger partial charge is 0.489 e. The minimum atomic E-state index is -0.424. The van der Waals surface area contributed by atoms with Gasteiger partial charge in [-0.15, -0.1) is 0 Å². The molecule has 1 amide bonds. The zero-order valence-corrected chi connectivity index (χ0v) is 21.1. The number of nitrogens with one attached hydrogen (secondary N) is 1. The molecule has 36 heavy (non-hydrogen) atoms. The summed E-state index contributed by atoms with van der Waals surface area (Å²) in [6.45, 7) is 5.72. The summed E-state index contributed by atoms with van der Waals surface area (Å²) in [5.74, 6) is 1.39. The third-order valence-corrected chi connectivity index (χ3v) is 8.45. The van der Waals surface area contributed by atoms with Crippen molar-refractivity contribution in [3.05, 3.63) is 42.0 Å². The van der Waals surface area contributed by atoms with E-state index in [1.54, 1.807) is 37.3 Å². The van der Waals surface area contributed by atoms with Gasteiger partial charge in [0.1, 0.15) is 17.9 Å². The van der Waals surface area contributed by atoms with Crippen LogP contribution in [0.5, 0.6) is 5.75 Å². The Morgan fingerprint density at radius 3 is 2.67 bits per heavy atom. The van der Waals surface area contributed by atoms with Crippen LogP contribution in [0.4, 0.5) is 16.0 Å². The lowest BCUT2D eigenvalue weighted by atomic mass is 9.42. The van der Waals surface area contributed by atoms with Crippen molar-refractivity contribution in [2.75, 3.05) is 45.7 Å². The molecular formula is C27H33FN6O2. The fraction of sp³-hybridized carbons (Fsp3) is 0.519. The van der Waals surface area contributed by atoms with Gasteiger partial charge in [0.2, 0.25) is 5.95 Å². The lowest BCUT2D eigenvalue weighted by molar-refractivity contribution is -0.160. The molecule has 1 N–H and O–H groups in total. The van der Waals surface area contributed by atoms with E-state index >= 15 is 0 Å². The van der Waals surface area contributed by atoms with E-state index in [1.165, 1.54) is 18.9 Å². The highest BCUT2D eigenvalue weighted by molar-refractivity contribution is 5.98. The van der Waals surface area contributed by atoms with Gasteiger partial charge in [0.05, 0.1) is 5.54 Å². The molecule has 3 heterocycles. The van der Waals surface area contributed by atoms with Gasteiger partial charge in [-0.1, -0.05) is 6.92 Å². The van der Waals surface area contributed by atoms with Crippen LogP contribution in [-0.2, 0) is 5.54 Å². The van der Waals surface area contributed by atoms with E-state index in [0.717, 1.165) is 49.4 Å². The molecule has 3 saturated carbocycles. The summed E-state index contributed by atoms with van der Waals surface area (Å²) < 4.78 is 22.5. The Bertz CT molecular complexity index is 1310. The van der Waals surface area contributed by atoms with Crippen molar-refractivity contribution in [2.45, 2.75) is 38.1 Å². The number of benzene rings is 1. The van der Waals surface area contributed by atoms with Crippen LogP contribution in [0.3, 0.4) is 0 Å². The molecule has 4 aliphatic rings. The molecule has 1 atom stereocenters. The first kappa shape index (κ1) is 23.2. The van der Waals surface area contributed by atoms with Gasteiger partial charge in [0, 0.05) is 44.0 Å². The van der Waals surface area contributed by atoms with Crippen molar-refractivity contribution in [3.8, 4) is 5.75 Å². The Hall–Kier alpha value is -3.20. The van der Waals surface area contributed by atoms with E-state index in [4.69, 9.17) is 9.72 Å². The first-order valence-electron chi connectivity index (χ1n) is 12.9. The highest BCUT2D eigenvalue weighted by Gasteiger charge is 2.65. The molecule has 0 spiro atoms. The maximum Gasteiger partial charge on any atom is 0.270 e. The zero-order valence-electron chi connectivity index (χ0n) is 21.1. The number of hydrogen-bond donors (Lipinski definition) is 1. The summed E-state index contributed by atoms with van der Waals surface area (Å²) in [5.41, 5.74) is 1.87. The molecule has 3 aromatic rings. The van der Waals surface area contributed by atoms with Crippen LogP contribution in [-0.4, -0.2) is 70.6 Å². The third-order valence-electron chi connectivity index (χ3n) is 8.45. The minimum Gasteiger partial charge on any atom is -0.489 e. The lowest BCUT2D eigenvalue weighted by Crippen LogP contribution is -2.67. The normalized spacial score (nSPS) is 24.9. The Kier molecular flexibility index (Phi) is 5.63. The molecule has 1 aliphatic heterocycles. The molecule has 9 heteroatoms. The van der Waals surface area contributed by atoms with Crippen LogP contribution in [0.15, 0.2) is 30.5 Å². The maximum atomic E-state index is 14.7. The molecule has 1 aromatic carbocycles. The van der Waals surface area contributed by atoms with Crippen LogP contribution in [0.2, 0.25) is 0 Å². The summed E-state index contributed by atoms with van der Waals surface area (Å²) in [4.78, 5) is 26.2. The average Bonchev–Trinajstić information content (AvgIpc) is 3.47. The van der Waals surface area contributed by atoms with Crippen molar-refractivity contribution >= 4 is 28.6 Å². The molecule has 2 bridgehead atoms. The van der Waals surface area contributed by atoms with E-state index in [1.807, 2.05) is 6.07 Å². The summed E-state index contributed by atoms with van der Waals surface area (Å²) in [7, 11) is 3.53. The Morgan fingerprint density at radius 2 is 2.03 bits per heavy atom. The van der Waals surface area contributed by atoms with E-state index in [0.29, 0.717) is 29.9 Å². The first-order valence-corrected chi connectivity index (χ1v) is 12.9. The highest BCUT2D eigenvalue weighted by Crippen LogP contribution is 2.67. The van der Waals surface area contributed by atoms with E-state index in [-0.39, 0.29) is 17.2 Å². The molecule has 190 valence electrons. The van der Waals surface area contributed by atoms with Crippen LogP contribution >= 0.6 is 0 Å². The number of carbonyl (C=O) groups excluding carboxylic acids is 1. The van der Waals surface area contributed by atoms with Gasteiger partial charge in [-0.25, -0.2) is 9.37 Å². The van der Waals surface area contributed by atoms with Gasteiger partial charge in [0.15, 0.2) is 11.6 Å². The Morgan fingerprint density at radius 1 is 1.25 bits per heavy atom. The molecule has 7 rings (SSSR count). The topological polar surface area (TPSA) is 75.5 Å². The van der Waals surface area contributed by atoms with Crippen LogP contribution in [0.25, 0.3) is 11.0 Å².